The zero-order valence-electron chi connectivity index (χ0n) is 11.4. The number of hydrogen-bond donors (Lipinski definition) is 1. The Balaban J connectivity index is 1.67. The van der Waals surface area contributed by atoms with Crippen LogP contribution < -0.4 is 5.32 Å². The fraction of sp³-hybridized carbons (Fsp3) is 0.533. The van der Waals surface area contributed by atoms with E-state index in [1.807, 2.05) is 11.3 Å². The van der Waals surface area contributed by atoms with Gasteiger partial charge in [0.15, 0.2) is 0 Å². The van der Waals surface area contributed by atoms with Crippen LogP contribution in [0.25, 0.3) is 10.2 Å². The second-order valence-corrected chi connectivity index (χ2v) is 6.31. The lowest BCUT2D eigenvalue weighted by Gasteiger charge is -2.23. The molecule has 19 heavy (non-hydrogen) atoms. The van der Waals surface area contributed by atoms with Gasteiger partial charge < -0.3 is 5.32 Å². The summed E-state index contributed by atoms with van der Waals surface area (Å²) in [5, 5.41) is 4.81. The first-order chi connectivity index (χ1) is 9.35. The molecular formula is C15H21N3S. The third-order valence-electron chi connectivity index (χ3n) is 3.79. The van der Waals surface area contributed by atoms with E-state index in [1.54, 1.807) is 0 Å². The van der Waals surface area contributed by atoms with Gasteiger partial charge in [0, 0.05) is 12.6 Å². The molecule has 0 amide bonds. The number of thiazole rings is 1. The topological polar surface area (TPSA) is 28.2 Å². The molecule has 0 saturated carbocycles. The highest BCUT2D eigenvalue weighted by atomic mass is 32.1. The average molecular weight is 275 g/mol. The lowest BCUT2D eigenvalue weighted by atomic mass is 10.2. The van der Waals surface area contributed by atoms with Crippen molar-refractivity contribution in [2.24, 2.45) is 0 Å². The van der Waals surface area contributed by atoms with Crippen LogP contribution in [0.1, 0.15) is 24.8 Å². The standard InChI is InChI=1S/C15H21N3S/c1-2-18(10-12-6-5-9-16-12)11-15-17-13-7-3-4-8-14(13)19-15/h3-4,7-8,12,16H,2,5-6,9-11H2,1H3. The van der Waals surface area contributed by atoms with E-state index in [2.05, 4.69) is 41.4 Å². The zero-order valence-corrected chi connectivity index (χ0v) is 12.2. The predicted molar refractivity (Wildman–Crippen MR) is 81.6 cm³/mol. The quantitative estimate of drug-likeness (QED) is 0.909. The predicted octanol–water partition coefficient (Wildman–Crippen LogP) is 2.87. The number of likely N-dealkylation sites (N-methyl/N-ethyl adjacent to an activating group) is 1. The van der Waals surface area contributed by atoms with E-state index in [0.717, 1.165) is 25.2 Å². The summed E-state index contributed by atoms with van der Waals surface area (Å²) in [5.74, 6) is 0. The van der Waals surface area contributed by atoms with Gasteiger partial charge >= 0.3 is 0 Å². The molecule has 1 fully saturated rings. The maximum atomic E-state index is 4.73. The van der Waals surface area contributed by atoms with Crippen molar-refractivity contribution in [2.45, 2.75) is 32.4 Å². The molecule has 1 unspecified atom stereocenters. The van der Waals surface area contributed by atoms with E-state index in [4.69, 9.17) is 4.98 Å². The first kappa shape index (κ1) is 13.0. The molecule has 2 heterocycles. The molecule has 1 saturated heterocycles. The summed E-state index contributed by atoms with van der Waals surface area (Å²) in [5.41, 5.74) is 1.14. The zero-order chi connectivity index (χ0) is 13.1. The van der Waals surface area contributed by atoms with Crippen LogP contribution in [-0.2, 0) is 6.54 Å². The number of rotatable bonds is 5. The highest BCUT2D eigenvalue weighted by Gasteiger charge is 2.18. The lowest BCUT2D eigenvalue weighted by Crippen LogP contribution is -2.37. The number of nitrogens with one attached hydrogen (secondary N) is 1. The molecule has 1 aromatic heterocycles. The van der Waals surface area contributed by atoms with Crippen LogP contribution in [0.2, 0.25) is 0 Å². The molecule has 1 N–H and O–H groups in total. The van der Waals surface area contributed by atoms with Gasteiger partial charge in [0.1, 0.15) is 5.01 Å². The van der Waals surface area contributed by atoms with Crippen LogP contribution in [0.3, 0.4) is 0 Å². The number of para-hydroxylation sites is 1. The summed E-state index contributed by atoms with van der Waals surface area (Å²) in [6.07, 6.45) is 2.64. The van der Waals surface area contributed by atoms with Crippen LogP contribution in [0.4, 0.5) is 0 Å². The summed E-state index contributed by atoms with van der Waals surface area (Å²) in [4.78, 5) is 7.23. The van der Waals surface area contributed by atoms with Gasteiger partial charge in [-0.1, -0.05) is 19.1 Å². The average Bonchev–Trinajstić information content (AvgIpc) is 3.06. The van der Waals surface area contributed by atoms with E-state index in [9.17, 15) is 0 Å². The Bertz CT molecular complexity index is 498. The van der Waals surface area contributed by atoms with Gasteiger partial charge in [-0.2, -0.15) is 0 Å². The summed E-state index contributed by atoms with van der Waals surface area (Å²) in [6, 6.07) is 9.08. The van der Waals surface area contributed by atoms with Crippen molar-refractivity contribution in [2.75, 3.05) is 19.6 Å². The SMILES string of the molecule is CCN(Cc1nc2ccccc2s1)CC1CCCN1. The molecule has 2 aromatic rings. The molecule has 3 rings (SSSR count). The van der Waals surface area contributed by atoms with Crippen molar-refractivity contribution in [1.29, 1.82) is 0 Å². The number of aromatic nitrogens is 1. The Morgan fingerprint density at radius 1 is 1.42 bits per heavy atom. The fourth-order valence-corrected chi connectivity index (χ4v) is 3.72. The first-order valence-corrected chi connectivity index (χ1v) is 7.97. The van der Waals surface area contributed by atoms with Gasteiger partial charge in [-0.05, 0) is 38.1 Å². The molecule has 102 valence electrons. The van der Waals surface area contributed by atoms with Crippen molar-refractivity contribution in [3.63, 3.8) is 0 Å². The lowest BCUT2D eigenvalue weighted by molar-refractivity contribution is 0.253. The van der Waals surface area contributed by atoms with Crippen LogP contribution in [0.15, 0.2) is 24.3 Å². The van der Waals surface area contributed by atoms with E-state index in [0.29, 0.717) is 6.04 Å². The van der Waals surface area contributed by atoms with Gasteiger partial charge in [-0.25, -0.2) is 4.98 Å². The van der Waals surface area contributed by atoms with E-state index < -0.39 is 0 Å². The van der Waals surface area contributed by atoms with Gasteiger partial charge in [0.25, 0.3) is 0 Å². The third-order valence-corrected chi connectivity index (χ3v) is 4.81. The second-order valence-electron chi connectivity index (χ2n) is 5.20. The Morgan fingerprint density at radius 2 is 2.32 bits per heavy atom. The highest BCUT2D eigenvalue weighted by Crippen LogP contribution is 2.22. The number of hydrogen-bond acceptors (Lipinski definition) is 4. The van der Waals surface area contributed by atoms with Crippen molar-refractivity contribution in [1.82, 2.24) is 15.2 Å². The van der Waals surface area contributed by atoms with Crippen molar-refractivity contribution in [3.8, 4) is 0 Å². The molecule has 1 aliphatic rings. The Hall–Kier alpha value is -0.970. The number of nitrogens with zero attached hydrogens (tertiary/aromatic N) is 2. The maximum Gasteiger partial charge on any atom is 0.108 e. The summed E-state index contributed by atoms with van der Waals surface area (Å²) in [6.45, 7) is 6.64. The maximum absolute atomic E-state index is 4.73. The minimum absolute atomic E-state index is 0.675. The van der Waals surface area contributed by atoms with Crippen molar-refractivity contribution < 1.29 is 0 Å². The van der Waals surface area contributed by atoms with Crippen LogP contribution >= 0.6 is 11.3 Å². The molecule has 0 spiro atoms. The minimum atomic E-state index is 0.675. The third kappa shape index (κ3) is 3.14. The Morgan fingerprint density at radius 3 is 3.05 bits per heavy atom. The largest absolute Gasteiger partial charge is 0.313 e. The van der Waals surface area contributed by atoms with Gasteiger partial charge in [0.2, 0.25) is 0 Å². The first-order valence-electron chi connectivity index (χ1n) is 7.15. The number of benzene rings is 1. The van der Waals surface area contributed by atoms with Gasteiger partial charge in [-0.15, -0.1) is 11.3 Å². The van der Waals surface area contributed by atoms with Gasteiger partial charge in [0.05, 0.1) is 16.8 Å². The van der Waals surface area contributed by atoms with E-state index in [1.165, 1.54) is 29.1 Å². The fourth-order valence-electron chi connectivity index (χ4n) is 2.71. The van der Waals surface area contributed by atoms with Crippen LogP contribution in [0, 0.1) is 0 Å². The molecule has 1 atom stereocenters. The second kappa shape index (κ2) is 5.99. The molecule has 0 aliphatic carbocycles. The van der Waals surface area contributed by atoms with Crippen molar-refractivity contribution in [3.05, 3.63) is 29.3 Å². The summed E-state index contributed by atoms with van der Waals surface area (Å²) < 4.78 is 1.30. The molecule has 4 heteroatoms. The smallest absolute Gasteiger partial charge is 0.108 e. The van der Waals surface area contributed by atoms with E-state index >= 15 is 0 Å². The Kier molecular flexibility index (Phi) is 4.11. The summed E-state index contributed by atoms with van der Waals surface area (Å²) in [7, 11) is 0. The molecule has 0 radical (unpaired) electrons. The molecule has 3 nitrogen and oxygen atoms in total. The Labute approximate surface area is 118 Å². The molecule has 1 aliphatic heterocycles. The summed E-state index contributed by atoms with van der Waals surface area (Å²) >= 11 is 1.83. The van der Waals surface area contributed by atoms with Crippen molar-refractivity contribution >= 4 is 21.6 Å². The highest BCUT2D eigenvalue weighted by molar-refractivity contribution is 7.18. The van der Waals surface area contributed by atoms with Crippen LogP contribution in [0.5, 0.6) is 0 Å². The molecule has 1 aromatic carbocycles. The molecule has 0 bridgehead atoms. The molecular weight excluding hydrogens is 254 g/mol. The van der Waals surface area contributed by atoms with Crippen LogP contribution in [-0.4, -0.2) is 35.6 Å². The van der Waals surface area contributed by atoms with E-state index in [-0.39, 0.29) is 0 Å². The minimum Gasteiger partial charge on any atom is -0.313 e. The monoisotopic (exact) mass is 275 g/mol. The number of fused-ring (bicyclic) bond motifs is 1. The normalized spacial score (nSPS) is 19.6. The van der Waals surface area contributed by atoms with Gasteiger partial charge in [-0.3, -0.25) is 4.90 Å².